The summed E-state index contributed by atoms with van der Waals surface area (Å²) in [5, 5.41) is 0. The molecule has 4 nitrogen and oxygen atoms in total. The van der Waals surface area contributed by atoms with Gasteiger partial charge in [0.2, 0.25) is 10.0 Å². The van der Waals surface area contributed by atoms with E-state index >= 15 is 0 Å². The molecule has 0 spiro atoms. The zero-order valence-corrected chi connectivity index (χ0v) is 13.8. The molecule has 0 saturated heterocycles. The number of halogens is 1. The third kappa shape index (κ3) is 5.63. The van der Waals surface area contributed by atoms with E-state index in [9.17, 15) is 12.8 Å². The topological polar surface area (TPSA) is 72.2 Å². The standard InChI is InChI=1S/C15H25FN2O2S/c1-4-5-6-9-15(2,3)11-18-21(19,20)12-7-8-14(17)13(16)10-12/h7-8,10,18H,4-6,9,11,17H2,1-3H3. The molecule has 0 bridgehead atoms. The molecule has 6 heteroatoms. The molecule has 0 aliphatic rings. The molecular weight excluding hydrogens is 291 g/mol. The number of nitrogen functional groups attached to an aromatic ring is 1. The smallest absolute Gasteiger partial charge is 0.240 e. The van der Waals surface area contributed by atoms with E-state index in [1.54, 1.807) is 0 Å². The summed E-state index contributed by atoms with van der Waals surface area (Å²) in [5.41, 5.74) is 5.16. The average molecular weight is 316 g/mol. The van der Waals surface area contributed by atoms with Crippen LogP contribution in [0.4, 0.5) is 10.1 Å². The summed E-state index contributed by atoms with van der Waals surface area (Å²) in [6, 6.07) is 3.52. The Balaban J connectivity index is 2.70. The van der Waals surface area contributed by atoms with Gasteiger partial charge >= 0.3 is 0 Å². The number of hydrogen-bond donors (Lipinski definition) is 2. The van der Waals surface area contributed by atoms with Crippen molar-refractivity contribution in [3.8, 4) is 0 Å². The van der Waals surface area contributed by atoms with E-state index in [2.05, 4.69) is 11.6 Å². The number of benzene rings is 1. The van der Waals surface area contributed by atoms with E-state index in [0.29, 0.717) is 6.54 Å². The van der Waals surface area contributed by atoms with Gasteiger partial charge in [-0.05, 0) is 30.0 Å². The zero-order chi connectivity index (χ0) is 16.1. The first-order chi connectivity index (χ1) is 9.68. The van der Waals surface area contributed by atoms with Crippen molar-refractivity contribution in [2.75, 3.05) is 12.3 Å². The molecule has 1 aromatic carbocycles. The van der Waals surface area contributed by atoms with Crippen LogP contribution in [-0.4, -0.2) is 15.0 Å². The molecule has 0 heterocycles. The maximum Gasteiger partial charge on any atom is 0.240 e. The maximum atomic E-state index is 13.4. The highest BCUT2D eigenvalue weighted by Crippen LogP contribution is 2.24. The monoisotopic (exact) mass is 316 g/mol. The van der Waals surface area contributed by atoms with Crippen molar-refractivity contribution < 1.29 is 12.8 Å². The predicted molar refractivity (Wildman–Crippen MR) is 83.9 cm³/mol. The SMILES string of the molecule is CCCCCC(C)(C)CNS(=O)(=O)c1ccc(N)c(F)c1. The zero-order valence-electron chi connectivity index (χ0n) is 12.9. The fraction of sp³-hybridized carbons (Fsp3) is 0.600. The summed E-state index contributed by atoms with van der Waals surface area (Å²) in [4.78, 5) is -0.0986. The Morgan fingerprint density at radius 2 is 1.95 bits per heavy atom. The molecule has 0 aliphatic heterocycles. The lowest BCUT2D eigenvalue weighted by Gasteiger charge is -2.24. The van der Waals surface area contributed by atoms with Crippen LogP contribution in [0.25, 0.3) is 0 Å². The number of hydrogen-bond acceptors (Lipinski definition) is 3. The molecule has 0 radical (unpaired) electrons. The van der Waals surface area contributed by atoms with Crippen LogP contribution in [0.1, 0.15) is 46.5 Å². The van der Waals surface area contributed by atoms with Crippen molar-refractivity contribution in [1.29, 1.82) is 0 Å². The molecule has 0 atom stereocenters. The van der Waals surface area contributed by atoms with Gasteiger partial charge in [0.05, 0.1) is 10.6 Å². The van der Waals surface area contributed by atoms with E-state index in [1.165, 1.54) is 12.1 Å². The van der Waals surface area contributed by atoms with Crippen LogP contribution in [0.3, 0.4) is 0 Å². The number of nitrogens with two attached hydrogens (primary N) is 1. The molecule has 3 N–H and O–H groups in total. The molecule has 0 amide bonds. The summed E-state index contributed by atoms with van der Waals surface area (Å²) in [6.45, 7) is 6.50. The highest BCUT2D eigenvalue weighted by Gasteiger charge is 2.22. The fourth-order valence-electron chi connectivity index (χ4n) is 1.99. The summed E-state index contributed by atoms with van der Waals surface area (Å²) >= 11 is 0. The minimum atomic E-state index is -3.71. The summed E-state index contributed by atoms with van der Waals surface area (Å²) in [7, 11) is -3.71. The van der Waals surface area contributed by atoms with Gasteiger partial charge in [-0.15, -0.1) is 0 Å². The van der Waals surface area contributed by atoms with Gasteiger partial charge in [0.25, 0.3) is 0 Å². The number of rotatable bonds is 8. The van der Waals surface area contributed by atoms with Crippen molar-refractivity contribution in [3.05, 3.63) is 24.0 Å². The van der Waals surface area contributed by atoms with Crippen molar-refractivity contribution in [1.82, 2.24) is 4.72 Å². The van der Waals surface area contributed by atoms with Crippen molar-refractivity contribution >= 4 is 15.7 Å². The summed E-state index contributed by atoms with van der Waals surface area (Å²) in [5.74, 6) is -0.722. The molecular formula is C15H25FN2O2S. The largest absolute Gasteiger partial charge is 0.396 e. The van der Waals surface area contributed by atoms with Crippen LogP contribution >= 0.6 is 0 Å². The van der Waals surface area contributed by atoms with Gasteiger partial charge < -0.3 is 5.73 Å². The Kier molecular flexibility index (Phi) is 6.16. The van der Waals surface area contributed by atoms with Gasteiger partial charge in [0.1, 0.15) is 5.82 Å². The number of unbranched alkanes of at least 4 members (excludes halogenated alkanes) is 2. The highest BCUT2D eigenvalue weighted by atomic mass is 32.2. The Bertz CT molecular complexity index is 571. The van der Waals surface area contributed by atoms with Gasteiger partial charge in [-0.3, -0.25) is 0 Å². The summed E-state index contributed by atoms with van der Waals surface area (Å²) < 4.78 is 40.2. The van der Waals surface area contributed by atoms with Crippen LogP contribution < -0.4 is 10.5 Å². The Morgan fingerprint density at radius 1 is 1.29 bits per heavy atom. The molecule has 0 fully saturated rings. The second kappa shape index (κ2) is 7.22. The molecule has 120 valence electrons. The number of nitrogens with one attached hydrogen (secondary N) is 1. The fourth-order valence-corrected chi connectivity index (χ4v) is 3.24. The van der Waals surface area contributed by atoms with E-state index in [4.69, 9.17) is 5.73 Å². The third-order valence-corrected chi connectivity index (χ3v) is 4.88. The normalized spacial score (nSPS) is 12.6. The predicted octanol–water partition coefficient (Wildman–Crippen LogP) is 3.29. The lowest BCUT2D eigenvalue weighted by molar-refractivity contribution is 0.320. The van der Waals surface area contributed by atoms with Gasteiger partial charge in [-0.25, -0.2) is 17.5 Å². The van der Waals surface area contributed by atoms with Crippen LogP contribution in [0.5, 0.6) is 0 Å². The number of anilines is 1. The van der Waals surface area contributed by atoms with E-state index < -0.39 is 15.8 Å². The highest BCUT2D eigenvalue weighted by molar-refractivity contribution is 7.89. The maximum absolute atomic E-state index is 13.4. The lowest BCUT2D eigenvalue weighted by Crippen LogP contribution is -2.34. The van der Waals surface area contributed by atoms with Gasteiger partial charge in [-0.1, -0.05) is 40.0 Å². The van der Waals surface area contributed by atoms with Crippen molar-refractivity contribution in [2.45, 2.75) is 51.3 Å². The van der Waals surface area contributed by atoms with Gasteiger partial charge in [-0.2, -0.15) is 0 Å². The van der Waals surface area contributed by atoms with Crippen LogP contribution in [0, 0.1) is 11.2 Å². The molecule has 0 unspecified atom stereocenters. The molecule has 1 aromatic rings. The molecule has 21 heavy (non-hydrogen) atoms. The van der Waals surface area contributed by atoms with E-state index in [1.807, 2.05) is 13.8 Å². The summed E-state index contributed by atoms with van der Waals surface area (Å²) in [6.07, 6.45) is 4.28. The van der Waals surface area contributed by atoms with Crippen molar-refractivity contribution in [3.63, 3.8) is 0 Å². The second-order valence-electron chi connectivity index (χ2n) is 6.13. The van der Waals surface area contributed by atoms with E-state index in [-0.39, 0.29) is 16.0 Å². The minimum absolute atomic E-state index is 0.0613. The number of sulfonamides is 1. The quantitative estimate of drug-likeness (QED) is 0.571. The van der Waals surface area contributed by atoms with Crippen molar-refractivity contribution in [2.24, 2.45) is 5.41 Å². The first kappa shape index (κ1) is 17.9. The molecule has 1 rings (SSSR count). The Hall–Kier alpha value is -1.14. The Labute approximate surface area is 127 Å². The lowest BCUT2D eigenvalue weighted by atomic mass is 9.87. The second-order valence-corrected chi connectivity index (χ2v) is 7.90. The van der Waals surface area contributed by atoms with Gasteiger partial charge in [0, 0.05) is 6.54 Å². The minimum Gasteiger partial charge on any atom is -0.396 e. The Morgan fingerprint density at radius 3 is 2.52 bits per heavy atom. The van der Waals surface area contributed by atoms with Crippen LogP contribution in [0.15, 0.2) is 23.1 Å². The van der Waals surface area contributed by atoms with Crippen LogP contribution in [0.2, 0.25) is 0 Å². The first-order valence-corrected chi connectivity index (χ1v) is 8.71. The third-order valence-electron chi connectivity index (χ3n) is 3.48. The first-order valence-electron chi connectivity index (χ1n) is 7.23. The van der Waals surface area contributed by atoms with E-state index in [0.717, 1.165) is 31.7 Å². The van der Waals surface area contributed by atoms with Crippen LogP contribution in [-0.2, 0) is 10.0 Å². The molecule has 0 aliphatic carbocycles. The average Bonchev–Trinajstić information content (AvgIpc) is 2.40. The van der Waals surface area contributed by atoms with Gasteiger partial charge in [0.15, 0.2) is 0 Å². The molecule has 0 aromatic heterocycles. The molecule has 0 saturated carbocycles.